The summed E-state index contributed by atoms with van der Waals surface area (Å²) >= 11 is 0. The first-order valence-electron chi connectivity index (χ1n) is 16.5. The normalized spacial score (nSPS) is 16.9. The fourth-order valence-electron chi connectivity index (χ4n) is 6.16. The van der Waals surface area contributed by atoms with Crippen molar-refractivity contribution in [3.8, 4) is 22.5 Å². The summed E-state index contributed by atoms with van der Waals surface area (Å²) in [5.74, 6) is 0.0287. The topological polar surface area (TPSA) is 180 Å². The van der Waals surface area contributed by atoms with E-state index in [1.807, 2.05) is 63.4 Å². The van der Waals surface area contributed by atoms with Crippen LogP contribution in [0, 0.1) is 11.8 Å². The number of aromatic nitrogens is 6. The van der Waals surface area contributed by atoms with E-state index < -0.39 is 17.7 Å². The Balaban J connectivity index is 1.11. The molecule has 2 heterocycles. The van der Waals surface area contributed by atoms with Crippen molar-refractivity contribution in [2.75, 3.05) is 11.9 Å². The number of anilines is 1. The molecule has 254 valence electrons. The molecule has 49 heavy (non-hydrogen) atoms. The Morgan fingerprint density at radius 2 is 1.67 bits per heavy atom. The van der Waals surface area contributed by atoms with E-state index in [1.165, 1.54) is 0 Å². The molecule has 13 heteroatoms. The molecule has 1 fully saturated rings. The number of H-pyrrole nitrogens is 2. The predicted octanol–water partition coefficient (Wildman–Crippen LogP) is 5.41. The van der Waals surface area contributed by atoms with Crippen molar-refractivity contribution in [1.82, 2.24) is 41.5 Å². The van der Waals surface area contributed by atoms with Gasteiger partial charge in [0.1, 0.15) is 11.6 Å². The van der Waals surface area contributed by atoms with Crippen LogP contribution in [-0.2, 0) is 20.7 Å². The molecule has 1 aliphatic rings. The van der Waals surface area contributed by atoms with E-state index in [2.05, 4.69) is 52.8 Å². The molecule has 3 aromatic carbocycles. The van der Waals surface area contributed by atoms with Gasteiger partial charge in [-0.2, -0.15) is 10.3 Å². The molecular formula is C36H41N9O4. The molecule has 1 atom stereocenters. The van der Waals surface area contributed by atoms with Gasteiger partial charge in [0.25, 0.3) is 0 Å². The van der Waals surface area contributed by atoms with Gasteiger partial charge in [0, 0.05) is 35.5 Å². The van der Waals surface area contributed by atoms with Crippen molar-refractivity contribution in [1.29, 1.82) is 0 Å². The number of nitrogens with one attached hydrogen (secondary N) is 5. The molecule has 5 aromatic rings. The molecule has 6 rings (SSSR count). The van der Waals surface area contributed by atoms with Gasteiger partial charge in [0.2, 0.25) is 17.6 Å². The summed E-state index contributed by atoms with van der Waals surface area (Å²) in [6.45, 7) is 5.99. The van der Waals surface area contributed by atoms with E-state index in [0.29, 0.717) is 37.3 Å². The third kappa shape index (κ3) is 8.66. The Morgan fingerprint density at radius 3 is 2.37 bits per heavy atom. The second-order valence-corrected chi connectivity index (χ2v) is 13.5. The molecule has 13 nitrogen and oxygen atoms in total. The average molecular weight is 664 g/mol. The van der Waals surface area contributed by atoms with Crippen molar-refractivity contribution in [2.45, 2.75) is 64.5 Å². The first-order chi connectivity index (χ1) is 23.6. The van der Waals surface area contributed by atoms with E-state index in [0.717, 1.165) is 46.0 Å². The summed E-state index contributed by atoms with van der Waals surface area (Å²) < 4.78 is 5.35. The van der Waals surface area contributed by atoms with Gasteiger partial charge in [-0.3, -0.25) is 14.7 Å². The molecule has 0 radical (unpaired) electrons. The Bertz CT molecular complexity index is 1870. The first-order valence-corrected chi connectivity index (χ1v) is 16.5. The lowest BCUT2D eigenvalue weighted by Crippen LogP contribution is -2.48. The average Bonchev–Trinajstić information content (AvgIpc) is 3.80. The monoisotopic (exact) mass is 663 g/mol. The van der Waals surface area contributed by atoms with Crippen LogP contribution < -0.4 is 16.0 Å². The maximum Gasteiger partial charge on any atom is 0.407 e. The van der Waals surface area contributed by atoms with Crippen LogP contribution in [0.5, 0.6) is 0 Å². The second kappa shape index (κ2) is 14.7. The van der Waals surface area contributed by atoms with Crippen molar-refractivity contribution >= 4 is 34.5 Å². The SMILES string of the molecule is CC(C)(C)OC(=O)NC[C@H]1CC[C@H](C(=O)N[C@@H](Cc2ccc(-c3cccc4[nH]ncc34)cc2)C(=O)Nc2ccc(-c3nn[nH]n3)cc2)CC1. The summed E-state index contributed by atoms with van der Waals surface area (Å²) in [5, 5.41) is 31.1. The van der Waals surface area contributed by atoms with Gasteiger partial charge < -0.3 is 20.7 Å². The number of hydrogen-bond donors (Lipinski definition) is 5. The number of tetrazole rings is 1. The van der Waals surface area contributed by atoms with Crippen LogP contribution in [0.3, 0.4) is 0 Å². The zero-order valence-corrected chi connectivity index (χ0v) is 27.8. The molecule has 0 bridgehead atoms. The lowest BCUT2D eigenvalue weighted by Gasteiger charge is -2.29. The fourth-order valence-corrected chi connectivity index (χ4v) is 6.16. The maximum atomic E-state index is 13.7. The molecular weight excluding hydrogens is 622 g/mol. The number of rotatable bonds is 10. The molecule has 3 amide bonds. The van der Waals surface area contributed by atoms with Gasteiger partial charge in [-0.05, 0) is 105 Å². The zero-order valence-electron chi connectivity index (χ0n) is 27.8. The summed E-state index contributed by atoms with van der Waals surface area (Å²) in [5.41, 5.74) is 4.73. The van der Waals surface area contributed by atoms with Gasteiger partial charge in [-0.15, -0.1) is 10.2 Å². The van der Waals surface area contributed by atoms with E-state index >= 15 is 0 Å². The van der Waals surface area contributed by atoms with E-state index in [9.17, 15) is 14.4 Å². The number of benzene rings is 3. The van der Waals surface area contributed by atoms with Crippen molar-refractivity contribution in [3.63, 3.8) is 0 Å². The third-order valence-corrected chi connectivity index (χ3v) is 8.73. The summed E-state index contributed by atoms with van der Waals surface area (Å²) in [6, 6.07) is 20.4. The predicted molar refractivity (Wildman–Crippen MR) is 185 cm³/mol. The van der Waals surface area contributed by atoms with Crippen LogP contribution in [0.25, 0.3) is 33.4 Å². The van der Waals surface area contributed by atoms with Gasteiger partial charge in [-0.1, -0.05) is 36.4 Å². The molecule has 0 unspecified atom stereocenters. The smallest absolute Gasteiger partial charge is 0.407 e. The standard InChI is InChI=1S/C36H41N9O4/c1-36(2,3)49-35(48)37-20-23-9-13-26(14-10-23)33(46)40-31(34(47)39-27-17-15-25(16-18-27)32-42-44-45-43-32)19-22-7-11-24(12-8-22)28-5-4-6-30-29(28)21-38-41-30/h4-8,11-12,15-18,21,23,26,31H,9-10,13-14,19-20H2,1-3H3,(H,37,48)(H,38,41)(H,39,47)(H,40,46)(H,42,43,44,45)/t23-,26-,31-/m0/s1. The number of carbonyl (C=O) groups excluding carboxylic acids is 3. The van der Waals surface area contributed by atoms with Crippen LogP contribution in [0.2, 0.25) is 0 Å². The van der Waals surface area contributed by atoms with Gasteiger partial charge in [0.15, 0.2) is 0 Å². The van der Waals surface area contributed by atoms with Crippen LogP contribution in [0.1, 0.15) is 52.0 Å². The van der Waals surface area contributed by atoms with Crippen molar-refractivity contribution in [3.05, 3.63) is 78.5 Å². The van der Waals surface area contributed by atoms with Crippen LogP contribution in [-0.4, -0.2) is 66.9 Å². The second-order valence-electron chi connectivity index (χ2n) is 13.5. The number of ether oxygens (including phenoxy) is 1. The Labute approximate surface area is 284 Å². The van der Waals surface area contributed by atoms with Gasteiger partial charge >= 0.3 is 6.09 Å². The minimum atomic E-state index is -0.806. The number of fused-ring (bicyclic) bond motifs is 1. The van der Waals surface area contributed by atoms with Crippen LogP contribution in [0.15, 0.2) is 72.9 Å². The largest absolute Gasteiger partial charge is 0.444 e. The minimum Gasteiger partial charge on any atom is -0.444 e. The van der Waals surface area contributed by atoms with Gasteiger partial charge in [0.05, 0.1) is 11.7 Å². The molecule has 0 aliphatic heterocycles. The number of carbonyl (C=O) groups is 3. The molecule has 2 aromatic heterocycles. The first kappa shape index (κ1) is 33.3. The summed E-state index contributed by atoms with van der Waals surface area (Å²) in [7, 11) is 0. The zero-order chi connectivity index (χ0) is 34.4. The highest BCUT2D eigenvalue weighted by atomic mass is 16.6. The highest BCUT2D eigenvalue weighted by molar-refractivity contribution is 5.98. The minimum absolute atomic E-state index is 0.144. The van der Waals surface area contributed by atoms with Crippen LogP contribution in [0.4, 0.5) is 10.5 Å². The molecule has 1 aliphatic carbocycles. The molecule has 5 N–H and O–H groups in total. The number of aromatic amines is 2. The number of nitrogens with zero attached hydrogens (tertiary/aromatic N) is 4. The number of alkyl carbamates (subject to hydrolysis) is 1. The fraction of sp³-hybridized carbons (Fsp3) is 0.361. The third-order valence-electron chi connectivity index (χ3n) is 8.73. The summed E-state index contributed by atoms with van der Waals surface area (Å²) in [6.07, 6.45) is 4.62. The highest BCUT2D eigenvalue weighted by Crippen LogP contribution is 2.30. The van der Waals surface area contributed by atoms with Crippen LogP contribution >= 0.6 is 0 Å². The molecule has 0 saturated heterocycles. The number of hydrogen-bond acceptors (Lipinski definition) is 8. The Morgan fingerprint density at radius 1 is 0.939 bits per heavy atom. The van der Waals surface area contributed by atoms with Gasteiger partial charge in [-0.25, -0.2) is 4.79 Å². The Hall–Kier alpha value is -5.59. The highest BCUT2D eigenvalue weighted by Gasteiger charge is 2.30. The van der Waals surface area contributed by atoms with E-state index in [1.54, 1.807) is 24.3 Å². The number of amides is 3. The molecule has 1 saturated carbocycles. The van der Waals surface area contributed by atoms with Crippen molar-refractivity contribution in [2.24, 2.45) is 11.8 Å². The van der Waals surface area contributed by atoms with E-state index in [4.69, 9.17) is 4.74 Å². The van der Waals surface area contributed by atoms with Crippen molar-refractivity contribution < 1.29 is 19.1 Å². The van der Waals surface area contributed by atoms with E-state index in [-0.39, 0.29) is 23.7 Å². The quantitative estimate of drug-likeness (QED) is 0.132. The summed E-state index contributed by atoms with van der Waals surface area (Å²) in [4.78, 5) is 39.4. The Kier molecular flexibility index (Phi) is 9.97. The lowest BCUT2D eigenvalue weighted by molar-refractivity contribution is -0.130. The lowest BCUT2D eigenvalue weighted by atomic mass is 9.81. The maximum absolute atomic E-state index is 13.7. The molecule has 0 spiro atoms.